The predicted molar refractivity (Wildman–Crippen MR) is 82.3 cm³/mol. The second-order valence-corrected chi connectivity index (χ2v) is 8.19. The highest BCUT2D eigenvalue weighted by molar-refractivity contribution is 9.10. The molecule has 1 fully saturated rings. The molecular formula is C14H18BrNO3S. The molecule has 0 bridgehead atoms. The second-order valence-electron chi connectivity index (χ2n) is 5.04. The van der Waals surface area contributed by atoms with E-state index in [0.717, 1.165) is 10.0 Å². The molecule has 4 nitrogen and oxygen atoms in total. The van der Waals surface area contributed by atoms with Crippen molar-refractivity contribution in [3.05, 3.63) is 34.3 Å². The monoisotopic (exact) mass is 359 g/mol. The number of hydrogen-bond donors (Lipinski definition) is 0. The molecule has 0 aliphatic carbocycles. The van der Waals surface area contributed by atoms with E-state index < -0.39 is 9.84 Å². The van der Waals surface area contributed by atoms with Crippen LogP contribution in [0, 0.1) is 0 Å². The standard InChI is InChI=1S/C14H18BrNO3S/c1-2-16(13-6-7-20(18,19)10-13)14(17)9-11-4-3-5-12(15)8-11/h3-5,8,13H,2,6-7,9-10H2,1H3. The Labute approximate surface area is 128 Å². The molecule has 20 heavy (non-hydrogen) atoms. The van der Waals surface area contributed by atoms with Crippen LogP contribution in [0.3, 0.4) is 0 Å². The molecule has 1 saturated heterocycles. The zero-order valence-electron chi connectivity index (χ0n) is 11.4. The smallest absolute Gasteiger partial charge is 0.227 e. The van der Waals surface area contributed by atoms with E-state index in [1.807, 2.05) is 31.2 Å². The van der Waals surface area contributed by atoms with Gasteiger partial charge in [0.25, 0.3) is 0 Å². The molecule has 2 rings (SSSR count). The molecule has 0 aromatic heterocycles. The Morgan fingerprint density at radius 3 is 2.75 bits per heavy atom. The van der Waals surface area contributed by atoms with Gasteiger partial charge in [-0.25, -0.2) is 8.42 Å². The summed E-state index contributed by atoms with van der Waals surface area (Å²) in [6, 6.07) is 7.46. The van der Waals surface area contributed by atoms with Gasteiger partial charge >= 0.3 is 0 Å². The minimum absolute atomic E-state index is 0.00676. The van der Waals surface area contributed by atoms with Gasteiger partial charge in [-0.05, 0) is 31.0 Å². The Morgan fingerprint density at radius 1 is 1.45 bits per heavy atom. The first kappa shape index (κ1) is 15.5. The average molecular weight is 360 g/mol. The lowest BCUT2D eigenvalue weighted by Crippen LogP contribution is -2.41. The normalized spacial score (nSPS) is 20.8. The van der Waals surface area contributed by atoms with Crippen LogP contribution in [-0.4, -0.2) is 43.3 Å². The van der Waals surface area contributed by atoms with Crippen LogP contribution < -0.4 is 0 Å². The summed E-state index contributed by atoms with van der Waals surface area (Å²) in [5.41, 5.74) is 0.934. The fourth-order valence-electron chi connectivity index (χ4n) is 2.58. The number of sulfone groups is 1. The van der Waals surface area contributed by atoms with Gasteiger partial charge in [0.2, 0.25) is 5.91 Å². The van der Waals surface area contributed by atoms with E-state index in [1.54, 1.807) is 4.90 Å². The van der Waals surface area contributed by atoms with Gasteiger partial charge in [0.05, 0.1) is 17.9 Å². The van der Waals surface area contributed by atoms with Crippen LogP contribution in [0.2, 0.25) is 0 Å². The van der Waals surface area contributed by atoms with Gasteiger partial charge in [-0.15, -0.1) is 0 Å². The Morgan fingerprint density at radius 2 is 2.20 bits per heavy atom. The van der Waals surface area contributed by atoms with E-state index in [9.17, 15) is 13.2 Å². The molecule has 6 heteroatoms. The Bertz CT molecular complexity index is 600. The summed E-state index contributed by atoms with van der Waals surface area (Å²) in [4.78, 5) is 14.1. The van der Waals surface area contributed by atoms with E-state index in [1.165, 1.54) is 0 Å². The van der Waals surface area contributed by atoms with Gasteiger partial charge in [0.1, 0.15) is 0 Å². The van der Waals surface area contributed by atoms with Crippen molar-refractivity contribution in [1.29, 1.82) is 0 Å². The maximum Gasteiger partial charge on any atom is 0.227 e. The lowest BCUT2D eigenvalue weighted by Gasteiger charge is -2.27. The lowest BCUT2D eigenvalue weighted by atomic mass is 10.1. The number of hydrogen-bond acceptors (Lipinski definition) is 3. The molecule has 1 heterocycles. The van der Waals surface area contributed by atoms with Crippen LogP contribution in [0.1, 0.15) is 18.9 Å². The van der Waals surface area contributed by atoms with Crippen molar-refractivity contribution in [2.24, 2.45) is 0 Å². The van der Waals surface area contributed by atoms with Crippen LogP contribution >= 0.6 is 15.9 Å². The van der Waals surface area contributed by atoms with Crippen molar-refractivity contribution < 1.29 is 13.2 Å². The van der Waals surface area contributed by atoms with Gasteiger partial charge in [-0.2, -0.15) is 0 Å². The molecule has 1 aromatic rings. The van der Waals surface area contributed by atoms with Crippen LogP contribution in [0.4, 0.5) is 0 Å². The second kappa shape index (κ2) is 6.26. The van der Waals surface area contributed by atoms with E-state index >= 15 is 0 Å². The maximum absolute atomic E-state index is 12.4. The highest BCUT2D eigenvalue weighted by Crippen LogP contribution is 2.19. The number of halogens is 1. The molecule has 1 amide bonds. The van der Waals surface area contributed by atoms with Gasteiger partial charge < -0.3 is 4.90 Å². The number of amides is 1. The number of likely N-dealkylation sites (N-methyl/N-ethyl adjacent to an activating group) is 1. The number of carbonyl (C=O) groups excluding carboxylic acids is 1. The van der Waals surface area contributed by atoms with Crippen molar-refractivity contribution >= 4 is 31.7 Å². The Kier molecular flexibility index (Phi) is 4.86. The number of nitrogens with zero attached hydrogens (tertiary/aromatic N) is 1. The third kappa shape index (κ3) is 3.82. The van der Waals surface area contributed by atoms with Gasteiger partial charge in [-0.3, -0.25) is 4.79 Å². The van der Waals surface area contributed by atoms with E-state index in [-0.39, 0.29) is 23.5 Å². The fraction of sp³-hybridized carbons (Fsp3) is 0.500. The van der Waals surface area contributed by atoms with Crippen molar-refractivity contribution in [1.82, 2.24) is 4.90 Å². The molecule has 1 aliphatic rings. The molecule has 1 aliphatic heterocycles. The molecule has 110 valence electrons. The van der Waals surface area contributed by atoms with E-state index in [0.29, 0.717) is 19.4 Å². The average Bonchev–Trinajstić information content (AvgIpc) is 2.70. The third-order valence-electron chi connectivity index (χ3n) is 3.55. The number of benzene rings is 1. The van der Waals surface area contributed by atoms with E-state index in [4.69, 9.17) is 0 Å². The summed E-state index contributed by atoms with van der Waals surface area (Å²) >= 11 is 3.38. The zero-order chi connectivity index (χ0) is 14.8. The molecule has 1 atom stereocenters. The van der Waals surface area contributed by atoms with Crippen molar-refractivity contribution in [3.8, 4) is 0 Å². The molecule has 0 N–H and O–H groups in total. The first-order valence-electron chi connectivity index (χ1n) is 6.65. The molecule has 0 spiro atoms. The lowest BCUT2D eigenvalue weighted by molar-refractivity contribution is -0.132. The first-order chi connectivity index (χ1) is 9.41. The predicted octanol–water partition coefficient (Wildman–Crippen LogP) is 2.03. The minimum atomic E-state index is -2.97. The van der Waals surface area contributed by atoms with Crippen LogP contribution in [0.25, 0.3) is 0 Å². The maximum atomic E-state index is 12.4. The van der Waals surface area contributed by atoms with Gasteiger partial charge in [0, 0.05) is 17.1 Å². The topological polar surface area (TPSA) is 54.5 Å². The Balaban J connectivity index is 2.06. The first-order valence-corrected chi connectivity index (χ1v) is 9.27. The summed E-state index contributed by atoms with van der Waals surface area (Å²) in [6.45, 7) is 2.44. The van der Waals surface area contributed by atoms with Gasteiger partial charge in [-0.1, -0.05) is 28.1 Å². The quantitative estimate of drug-likeness (QED) is 0.826. The number of carbonyl (C=O) groups is 1. The molecule has 0 saturated carbocycles. The summed E-state index contributed by atoms with van der Waals surface area (Å²) in [5.74, 6) is 0.288. The zero-order valence-corrected chi connectivity index (χ0v) is 13.8. The highest BCUT2D eigenvalue weighted by atomic mass is 79.9. The largest absolute Gasteiger partial charge is 0.339 e. The molecule has 0 radical (unpaired) electrons. The SMILES string of the molecule is CCN(C(=O)Cc1cccc(Br)c1)C1CCS(=O)(=O)C1. The van der Waals surface area contributed by atoms with Gasteiger partial charge in [0.15, 0.2) is 9.84 Å². The van der Waals surface area contributed by atoms with Crippen molar-refractivity contribution in [2.45, 2.75) is 25.8 Å². The fourth-order valence-corrected chi connectivity index (χ4v) is 4.76. The van der Waals surface area contributed by atoms with Crippen molar-refractivity contribution in [3.63, 3.8) is 0 Å². The van der Waals surface area contributed by atoms with Crippen LogP contribution in [-0.2, 0) is 21.1 Å². The summed E-state index contributed by atoms with van der Waals surface area (Å²) in [6.07, 6.45) is 0.865. The van der Waals surface area contributed by atoms with Crippen molar-refractivity contribution in [2.75, 3.05) is 18.1 Å². The minimum Gasteiger partial charge on any atom is -0.339 e. The summed E-state index contributed by atoms with van der Waals surface area (Å²) in [7, 11) is -2.97. The van der Waals surface area contributed by atoms with Crippen LogP contribution in [0.5, 0.6) is 0 Å². The molecular weight excluding hydrogens is 342 g/mol. The Hall–Kier alpha value is -0.880. The highest BCUT2D eigenvalue weighted by Gasteiger charge is 2.33. The number of rotatable bonds is 4. The summed E-state index contributed by atoms with van der Waals surface area (Å²) < 4.78 is 24.0. The van der Waals surface area contributed by atoms with Crippen LogP contribution in [0.15, 0.2) is 28.7 Å². The molecule has 1 aromatic carbocycles. The third-order valence-corrected chi connectivity index (χ3v) is 5.80. The molecule has 1 unspecified atom stereocenters. The summed E-state index contributed by atoms with van der Waals surface area (Å²) in [5, 5.41) is 0. The van der Waals surface area contributed by atoms with E-state index in [2.05, 4.69) is 15.9 Å².